The molecule has 17 heavy (non-hydrogen) atoms. The normalized spacial score (nSPS) is 10.1. The molecule has 0 aliphatic carbocycles. The van der Waals surface area contributed by atoms with E-state index in [-0.39, 0.29) is 11.1 Å². The summed E-state index contributed by atoms with van der Waals surface area (Å²) in [6.45, 7) is 4.83. The van der Waals surface area contributed by atoms with Crippen LogP contribution in [0.3, 0.4) is 0 Å². The lowest BCUT2D eigenvalue weighted by Gasteiger charge is -2.06. The van der Waals surface area contributed by atoms with Gasteiger partial charge in [-0.05, 0) is 12.5 Å². The third-order valence-electron chi connectivity index (χ3n) is 2.17. The van der Waals surface area contributed by atoms with Crippen molar-refractivity contribution in [1.82, 2.24) is 4.57 Å². The summed E-state index contributed by atoms with van der Waals surface area (Å²) < 4.78 is 6.59. The molecule has 1 aromatic rings. The lowest BCUT2D eigenvalue weighted by Crippen LogP contribution is -2.22. The number of hydrogen-bond donors (Lipinski definition) is 1. The highest BCUT2D eigenvalue weighted by atomic mass is 16.5. The van der Waals surface area contributed by atoms with Gasteiger partial charge in [0.25, 0.3) is 5.56 Å². The van der Waals surface area contributed by atoms with Gasteiger partial charge in [0.2, 0.25) is 0 Å². The van der Waals surface area contributed by atoms with Gasteiger partial charge in [0.1, 0.15) is 0 Å². The first-order valence-electron chi connectivity index (χ1n) is 5.27. The summed E-state index contributed by atoms with van der Waals surface area (Å²) in [6.07, 6.45) is 3.82. The third-order valence-corrected chi connectivity index (χ3v) is 2.17. The van der Waals surface area contributed by atoms with E-state index in [2.05, 4.69) is 6.58 Å². The van der Waals surface area contributed by atoms with Gasteiger partial charge in [-0.15, -0.1) is 6.58 Å². The van der Waals surface area contributed by atoms with E-state index >= 15 is 0 Å². The third kappa shape index (κ3) is 4.24. The van der Waals surface area contributed by atoms with E-state index in [0.717, 1.165) is 6.42 Å². The van der Waals surface area contributed by atoms with Crippen molar-refractivity contribution < 1.29 is 14.6 Å². The minimum Gasteiger partial charge on any atom is -0.478 e. The number of rotatable bonds is 7. The van der Waals surface area contributed by atoms with E-state index in [9.17, 15) is 9.59 Å². The van der Waals surface area contributed by atoms with Crippen LogP contribution >= 0.6 is 0 Å². The molecule has 0 radical (unpaired) electrons. The summed E-state index contributed by atoms with van der Waals surface area (Å²) in [5, 5.41) is 8.78. The molecule has 0 bridgehead atoms. The number of carboxylic acid groups (broad SMARTS) is 1. The fourth-order valence-corrected chi connectivity index (χ4v) is 1.26. The molecule has 0 aliphatic rings. The first-order chi connectivity index (χ1) is 8.15. The monoisotopic (exact) mass is 237 g/mol. The summed E-state index contributed by atoms with van der Waals surface area (Å²) in [6, 6.07) is 2.53. The van der Waals surface area contributed by atoms with Gasteiger partial charge >= 0.3 is 5.97 Å². The number of nitrogens with zero attached hydrogens (tertiary/aromatic N) is 1. The Morgan fingerprint density at radius 3 is 2.88 bits per heavy atom. The fraction of sp³-hybridized carbons (Fsp3) is 0.333. The van der Waals surface area contributed by atoms with Crippen molar-refractivity contribution in [2.45, 2.75) is 13.0 Å². The van der Waals surface area contributed by atoms with Crippen LogP contribution in [0.25, 0.3) is 0 Å². The van der Waals surface area contributed by atoms with Crippen LogP contribution in [0.4, 0.5) is 0 Å². The number of carboxylic acids is 1. The lowest BCUT2D eigenvalue weighted by atomic mass is 10.3. The molecule has 0 spiro atoms. The molecule has 0 aromatic carbocycles. The number of pyridine rings is 1. The van der Waals surface area contributed by atoms with Crippen molar-refractivity contribution in [3.63, 3.8) is 0 Å². The predicted molar refractivity (Wildman–Crippen MR) is 63.3 cm³/mol. The van der Waals surface area contributed by atoms with Crippen LogP contribution in [0.2, 0.25) is 0 Å². The van der Waals surface area contributed by atoms with Gasteiger partial charge in [-0.25, -0.2) is 4.79 Å². The Kier molecular flexibility index (Phi) is 5.16. The van der Waals surface area contributed by atoms with Crippen molar-refractivity contribution in [3.8, 4) is 0 Å². The van der Waals surface area contributed by atoms with Crippen molar-refractivity contribution in [3.05, 3.63) is 46.9 Å². The van der Waals surface area contributed by atoms with Gasteiger partial charge in [-0.2, -0.15) is 0 Å². The number of ether oxygens (including phenoxy) is 1. The molecule has 0 saturated heterocycles. The molecule has 5 nitrogen and oxygen atoms in total. The molecule has 92 valence electrons. The molecule has 1 aromatic heterocycles. The maximum Gasteiger partial charge on any atom is 0.337 e. The zero-order chi connectivity index (χ0) is 12.7. The molecular formula is C12H15NO4. The zero-order valence-corrected chi connectivity index (χ0v) is 9.46. The lowest BCUT2D eigenvalue weighted by molar-refractivity contribution is 0.0695. The van der Waals surface area contributed by atoms with Crippen LogP contribution in [0, 0.1) is 0 Å². The number of aromatic carboxylic acids is 1. The smallest absolute Gasteiger partial charge is 0.337 e. The topological polar surface area (TPSA) is 68.5 Å². The Bertz CT molecular complexity index is 450. The SMILES string of the molecule is C=CCCOCCn1cc(C(=O)O)ccc1=O. The molecular weight excluding hydrogens is 222 g/mol. The summed E-state index contributed by atoms with van der Waals surface area (Å²) in [5.41, 5.74) is -0.141. The summed E-state index contributed by atoms with van der Waals surface area (Å²) in [5.74, 6) is -1.05. The number of aromatic nitrogens is 1. The van der Waals surface area contributed by atoms with Crippen molar-refractivity contribution in [2.75, 3.05) is 13.2 Å². The molecule has 1 N–H and O–H groups in total. The van der Waals surface area contributed by atoms with Crippen LogP contribution in [-0.4, -0.2) is 28.9 Å². The van der Waals surface area contributed by atoms with Crippen LogP contribution in [-0.2, 0) is 11.3 Å². The second kappa shape index (κ2) is 6.65. The zero-order valence-electron chi connectivity index (χ0n) is 9.46. The van der Waals surface area contributed by atoms with E-state index in [1.807, 2.05) is 0 Å². The summed E-state index contributed by atoms with van der Waals surface area (Å²) >= 11 is 0. The van der Waals surface area contributed by atoms with Crippen molar-refractivity contribution in [2.24, 2.45) is 0 Å². The first-order valence-corrected chi connectivity index (χ1v) is 5.27. The second-order valence-electron chi connectivity index (χ2n) is 3.44. The Morgan fingerprint density at radius 2 is 2.24 bits per heavy atom. The van der Waals surface area contributed by atoms with Crippen LogP contribution < -0.4 is 5.56 Å². The molecule has 0 unspecified atom stereocenters. The number of hydrogen-bond acceptors (Lipinski definition) is 3. The molecule has 0 aliphatic heterocycles. The standard InChI is InChI=1S/C12H15NO4/c1-2-3-7-17-8-6-13-9-10(12(15)16)4-5-11(13)14/h2,4-5,9H,1,3,6-8H2,(H,15,16). The molecule has 0 fully saturated rings. The minimum atomic E-state index is -1.05. The van der Waals surface area contributed by atoms with Gasteiger partial charge in [-0.3, -0.25) is 4.79 Å². The van der Waals surface area contributed by atoms with Gasteiger partial charge in [0, 0.05) is 18.8 Å². The van der Waals surface area contributed by atoms with Crippen LogP contribution in [0.15, 0.2) is 35.8 Å². The number of carbonyl (C=O) groups is 1. The Hall–Kier alpha value is -1.88. The molecule has 0 amide bonds. The summed E-state index contributed by atoms with van der Waals surface area (Å²) in [7, 11) is 0. The van der Waals surface area contributed by atoms with Crippen LogP contribution in [0.1, 0.15) is 16.8 Å². The quantitative estimate of drug-likeness (QED) is 0.570. The summed E-state index contributed by atoms with van der Waals surface area (Å²) in [4.78, 5) is 22.1. The first kappa shape index (κ1) is 13.2. The Labute approximate surface area is 99.0 Å². The van der Waals surface area contributed by atoms with Crippen molar-refractivity contribution in [1.29, 1.82) is 0 Å². The Morgan fingerprint density at radius 1 is 1.47 bits per heavy atom. The fourth-order valence-electron chi connectivity index (χ4n) is 1.26. The van der Waals surface area contributed by atoms with E-state index in [4.69, 9.17) is 9.84 Å². The van der Waals surface area contributed by atoms with Gasteiger partial charge < -0.3 is 14.4 Å². The largest absolute Gasteiger partial charge is 0.478 e. The van der Waals surface area contributed by atoms with Gasteiger partial charge in [0.15, 0.2) is 0 Å². The Balaban J connectivity index is 2.57. The average Bonchev–Trinajstić information content (AvgIpc) is 2.30. The molecule has 5 heteroatoms. The van der Waals surface area contributed by atoms with E-state index in [0.29, 0.717) is 19.8 Å². The molecule has 0 atom stereocenters. The van der Waals surface area contributed by atoms with E-state index in [1.54, 1.807) is 6.08 Å². The predicted octanol–water partition coefficient (Wildman–Crippen LogP) is 1.14. The maximum atomic E-state index is 11.4. The molecule has 1 rings (SSSR count). The highest BCUT2D eigenvalue weighted by molar-refractivity contribution is 5.87. The van der Waals surface area contributed by atoms with Gasteiger partial charge in [0.05, 0.1) is 18.8 Å². The maximum absolute atomic E-state index is 11.4. The molecule has 0 saturated carbocycles. The van der Waals surface area contributed by atoms with E-state index < -0.39 is 5.97 Å². The highest BCUT2D eigenvalue weighted by Crippen LogP contribution is 1.96. The average molecular weight is 237 g/mol. The van der Waals surface area contributed by atoms with Crippen LogP contribution in [0.5, 0.6) is 0 Å². The highest BCUT2D eigenvalue weighted by Gasteiger charge is 2.04. The van der Waals surface area contributed by atoms with Gasteiger partial charge in [-0.1, -0.05) is 6.08 Å². The second-order valence-corrected chi connectivity index (χ2v) is 3.44. The molecule has 1 heterocycles. The van der Waals surface area contributed by atoms with E-state index in [1.165, 1.54) is 22.9 Å². The van der Waals surface area contributed by atoms with Crippen molar-refractivity contribution >= 4 is 5.97 Å². The minimum absolute atomic E-state index is 0.0932.